The van der Waals surface area contributed by atoms with E-state index in [1.807, 2.05) is 20.8 Å². The smallest absolute Gasteiger partial charge is 0.234 e. The molecule has 6 fully saturated rings. The van der Waals surface area contributed by atoms with Gasteiger partial charge in [-0.1, -0.05) is 0 Å². The van der Waals surface area contributed by atoms with Crippen LogP contribution in [-0.4, -0.2) is 41.9 Å². The van der Waals surface area contributed by atoms with Crippen LogP contribution in [0.15, 0.2) is 0 Å². The molecule has 1 heterocycles. The van der Waals surface area contributed by atoms with E-state index in [-0.39, 0.29) is 22.8 Å². The van der Waals surface area contributed by atoms with Crippen molar-refractivity contribution >= 4 is 11.8 Å². The number of hydrogen-bond donors (Lipinski definition) is 2. The van der Waals surface area contributed by atoms with Crippen LogP contribution in [0.2, 0.25) is 0 Å². The number of primary amides is 1. The first-order valence-corrected chi connectivity index (χ1v) is 11.9. The molecule has 3 unspecified atom stereocenters. The highest BCUT2D eigenvalue weighted by Crippen LogP contribution is 2.73. The summed E-state index contributed by atoms with van der Waals surface area (Å²) >= 11 is 0. The van der Waals surface area contributed by atoms with Crippen molar-refractivity contribution in [2.45, 2.75) is 77.7 Å². The number of piperidine rings is 1. The average molecular weight is 402 g/mol. The van der Waals surface area contributed by atoms with Crippen molar-refractivity contribution in [3.8, 4) is 0 Å². The molecule has 0 radical (unpaired) electrons. The summed E-state index contributed by atoms with van der Waals surface area (Å²) in [4.78, 5) is 27.3. The summed E-state index contributed by atoms with van der Waals surface area (Å²) < 4.78 is 0. The zero-order valence-corrected chi connectivity index (χ0v) is 18.5. The van der Waals surface area contributed by atoms with Gasteiger partial charge < -0.3 is 11.1 Å². The van der Waals surface area contributed by atoms with Gasteiger partial charge in [0.05, 0.1) is 12.0 Å². The Kier molecular flexibility index (Phi) is 4.41. The largest absolute Gasteiger partial charge is 0.369 e. The molecule has 5 aliphatic carbocycles. The average Bonchev–Trinajstić information content (AvgIpc) is 3.27. The van der Waals surface area contributed by atoms with E-state index in [0.717, 1.165) is 43.7 Å². The van der Waals surface area contributed by atoms with E-state index in [1.54, 1.807) is 0 Å². The van der Waals surface area contributed by atoms with Gasteiger partial charge in [-0.3, -0.25) is 14.5 Å². The number of likely N-dealkylation sites (tertiary alicyclic amines) is 1. The van der Waals surface area contributed by atoms with Crippen molar-refractivity contribution in [1.29, 1.82) is 0 Å². The molecule has 4 bridgehead atoms. The fourth-order valence-electron chi connectivity index (χ4n) is 8.44. The molecule has 0 aromatic rings. The van der Waals surface area contributed by atoms with Gasteiger partial charge >= 0.3 is 0 Å². The van der Waals surface area contributed by atoms with E-state index in [9.17, 15) is 9.59 Å². The lowest BCUT2D eigenvalue weighted by Crippen LogP contribution is -2.59. The molecular weight excluding hydrogens is 362 g/mol. The molecule has 1 aliphatic heterocycles. The maximum atomic E-state index is 12.7. The lowest BCUT2D eigenvalue weighted by Gasteiger charge is -2.60. The van der Waals surface area contributed by atoms with Gasteiger partial charge in [-0.15, -0.1) is 0 Å². The summed E-state index contributed by atoms with van der Waals surface area (Å²) in [5, 5.41) is 3.08. The zero-order valence-electron chi connectivity index (χ0n) is 18.5. The van der Waals surface area contributed by atoms with Gasteiger partial charge in [0.25, 0.3) is 0 Å². The summed E-state index contributed by atoms with van der Waals surface area (Å²) in [5.41, 5.74) is 6.17. The van der Waals surface area contributed by atoms with Gasteiger partial charge in [0.1, 0.15) is 0 Å². The predicted octanol–water partition coefficient (Wildman–Crippen LogP) is 2.93. The van der Waals surface area contributed by atoms with Crippen LogP contribution in [0, 0.1) is 40.4 Å². The van der Waals surface area contributed by atoms with E-state index < -0.39 is 0 Å². The van der Waals surface area contributed by atoms with Crippen molar-refractivity contribution < 1.29 is 9.59 Å². The van der Waals surface area contributed by atoms with E-state index in [0.29, 0.717) is 23.8 Å². The fraction of sp³-hybridized carbons (Fsp3) is 0.917. The number of carbonyl (C=O) groups excluding carboxylic acids is 2. The van der Waals surface area contributed by atoms with Crippen molar-refractivity contribution in [1.82, 2.24) is 10.2 Å². The standard InChI is InChI=1S/C24H39N3O2/c1-22(2,3)26-19(28)14-27-6-4-23(5-7-27)13-18(23)20-17-9-15-8-16(10-17)12-24(20,11-15)21(25)29/h15-18,20H,4-14H2,1-3H3,(H2,25,29)(H,26,28)/t15?,16?,17?,18-,20?,24?/m0/s1. The maximum absolute atomic E-state index is 12.7. The summed E-state index contributed by atoms with van der Waals surface area (Å²) in [6.45, 7) is 8.64. The molecular formula is C24H39N3O2. The van der Waals surface area contributed by atoms with Crippen LogP contribution in [0.25, 0.3) is 0 Å². The van der Waals surface area contributed by atoms with Gasteiger partial charge in [-0.05, 0) is 120 Å². The Hall–Kier alpha value is -1.10. The van der Waals surface area contributed by atoms with E-state index in [1.165, 1.54) is 38.5 Å². The molecule has 0 aromatic heterocycles. The van der Waals surface area contributed by atoms with Gasteiger partial charge in [0.15, 0.2) is 0 Å². The maximum Gasteiger partial charge on any atom is 0.234 e. The highest BCUT2D eigenvalue weighted by Gasteiger charge is 2.69. The van der Waals surface area contributed by atoms with Crippen molar-refractivity contribution in [3.05, 3.63) is 0 Å². The van der Waals surface area contributed by atoms with Crippen LogP contribution >= 0.6 is 0 Å². The van der Waals surface area contributed by atoms with Crippen molar-refractivity contribution in [3.63, 3.8) is 0 Å². The Morgan fingerprint density at radius 2 is 1.66 bits per heavy atom. The lowest BCUT2D eigenvalue weighted by atomic mass is 9.43. The Morgan fingerprint density at radius 3 is 2.21 bits per heavy atom. The Balaban J connectivity index is 1.23. The molecule has 2 amide bonds. The number of carbonyl (C=O) groups is 2. The Labute approximate surface area is 175 Å². The topological polar surface area (TPSA) is 75.4 Å². The van der Waals surface area contributed by atoms with Crippen LogP contribution < -0.4 is 11.1 Å². The molecule has 4 atom stereocenters. The quantitative estimate of drug-likeness (QED) is 0.760. The van der Waals surface area contributed by atoms with Crippen LogP contribution in [0.1, 0.15) is 72.1 Å². The minimum atomic E-state index is -0.188. The third-order valence-corrected chi connectivity index (χ3v) is 9.30. The number of hydrogen-bond acceptors (Lipinski definition) is 3. The van der Waals surface area contributed by atoms with Crippen molar-refractivity contribution in [2.24, 2.45) is 46.2 Å². The Morgan fingerprint density at radius 1 is 1.03 bits per heavy atom. The second-order valence-electron chi connectivity index (χ2n) is 12.4. The van der Waals surface area contributed by atoms with Crippen LogP contribution in [0.5, 0.6) is 0 Å². The van der Waals surface area contributed by atoms with E-state index in [4.69, 9.17) is 5.73 Å². The summed E-state index contributed by atoms with van der Waals surface area (Å²) in [5.74, 6) is 3.65. The number of amides is 2. The van der Waals surface area contributed by atoms with Crippen LogP contribution in [0.3, 0.4) is 0 Å². The molecule has 162 valence electrons. The Bertz CT molecular complexity index is 689. The molecule has 6 aliphatic rings. The zero-order chi connectivity index (χ0) is 20.6. The van der Waals surface area contributed by atoms with E-state index >= 15 is 0 Å². The number of rotatable bonds is 4. The summed E-state index contributed by atoms with van der Waals surface area (Å²) in [6, 6.07) is 0. The minimum absolute atomic E-state index is 0.0138. The molecule has 3 N–H and O–H groups in total. The normalized spacial score (nSPS) is 42.8. The third-order valence-electron chi connectivity index (χ3n) is 9.30. The van der Waals surface area contributed by atoms with Crippen molar-refractivity contribution in [2.75, 3.05) is 19.6 Å². The molecule has 1 spiro atoms. The monoisotopic (exact) mass is 401 g/mol. The number of nitrogens with one attached hydrogen (secondary N) is 1. The molecule has 5 nitrogen and oxygen atoms in total. The highest BCUT2D eigenvalue weighted by molar-refractivity contribution is 5.82. The first-order chi connectivity index (χ1) is 13.6. The molecule has 6 rings (SSSR count). The molecule has 5 heteroatoms. The fourth-order valence-corrected chi connectivity index (χ4v) is 8.44. The number of nitrogens with two attached hydrogens (primary N) is 1. The first kappa shape index (κ1) is 19.8. The van der Waals surface area contributed by atoms with Gasteiger partial charge in [0.2, 0.25) is 11.8 Å². The molecule has 1 saturated heterocycles. The molecule has 29 heavy (non-hydrogen) atoms. The van der Waals surface area contributed by atoms with Gasteiger partial charge in [0, 0.05) is 5.54 Å². The lowest BCUT2D eigenvalue weighted by molar-refractivity contribution is -0.161. The second kappa shape index (κ2) is 6.45. The van der Waals surface area contributed by atoms with Crippen LogP contribution in [-0.2, 0) is 9.59 Å². The SMILES string of the molecule is CC(C)(C)NC(=O)CN1CCC2(CC1)C[C@H]2C1C2CC3CC(C2)CC1(C(N)=O)C3. The van der Waals surface area contributed by atoms with E-state index in [2.05, 4.69) is 10.2 Å². The summed E-state index contributed by atoms with van der Waals surface area (Å²) in [6.07, 6.45) is 9.86. The molecule has 5 saturated carbocycles. The molecule has 0 aromatic carbocycles. The van der Waals surface area contributed by atoms with Crippen LogP contribution in [0.4, 0.5) is 0 Å². The summed E-state index contributed by atoms with van der Waals surface area (Å²) in [7, 11) is 0. The minimum Gasteiger partial charge on any atom is -0.369 e. The first-order valence-electron chi connectivity index (χ1n) is 11.9. The highest BCUT2D eigenvalue weighted by atomic mass is 16.2. The third kappa shape index (κ3) is 3.32. The van der Waals surface area contributed by atoms with Gasteiger partial charge in [-0.2, -0.15) is 0 Å². The number of nitrogens with zero attached hydrogens (tertiary/aromatic N) is 1. The van der Waals surface area contributed by atoms with Gasteiger partial charge in [-0.25, -0.2) is 0 Å². The second-order valence-corrected chi connectivity index (χ2v) is 12.4. The predicted molar refractivity (Wildman–Crippen MR) is 113 cm³/mol.